The third-order valence-electron chi connectivity index (χ3n) is 4.18. The molecule has 0 bridgehead atoms. The van der Waals surface area contributed by atoms with Gasteiger partial charge in [0, 0.05) is 12.1 Å². The molecule has 1 aromatic heterocycles. The Morgan fingerprint density at radius 3 is 2.59 bits per heavy atom. The van der Waals surface area contributed by atoms with Crippen molar-refractivity contribution in [1.82, 2.24) is 0 Å². The predicted octanol–water partition coefficient (Wildman–Crippen LogP) is 4.80. The highest BCUT2D eigenvalue weighted by atomic mass is 16.5. The molecule has 0 unspecified atom stereocenters. The minimum Gasteiger partial charge on any atom is -0.497 e. The molecular weight excluding hydrogens is 370 g/mol. The second-order valence-electron chi connectivity index (χ2n) is 6.45. The minimum absolute atomic E-state index is 0.0445. The zero-order valence-electron chi connectivity index (χ0n) is 16.4. The number of amides is 1. The summed E-state index contributed by atoms with van der Waals surface area (Å²) >= 11 is 0. The fraction of sp³-hybridized carbons (Fsp3) is 0.261. The van der Waals surface area contributed by atoms with Gasteiger partial charge in [0.2, 0.25) is 5.91 Å². The van der Waals surface area contributed by atoms with Crippen molar-refractivity contribution in [2.45, 2.75) is 26.1 Å². The van der Waals surface area contributed by atoms with E-state index in [0.29, 0.717) is 32.7 Å². The number of rotatable bonds is 11. The topological polar surface area (TPSA) is 69.9 Å². The number of anilines is 1. The lowest BCUT2D eigenvalue weighted by molar-refractivity contribution is -0.116. The average Bonchev–Trinajstić information content (AvgIpc) is 3.25. The molecule has 29 heavy (non-hydrogen) atoms. The molecule has 0 saturated heterocycles. The van der Waals surface area contributed by atoms with Gasteiger partial charge >= 0.3 is 0 Å². The summed E-state index contributed by atoms with van der Waals surface area (Å²) in [6.07, 6.45) is 2.63. The second kappa shape index (κ2) is 10.9. The predicted molar refractivity (Wildman–Crippen MR) is 110 cm³/mol. The fourth-order valence-corrected chi connectivity index (χ4v) is 2.72. The van der Waals surface area contributed by atoms with Gasteiger partial charge in [0.05, 0.1) is 26.6 Å². The van der Waals surface area contributed by atoms with Crippen molar-refractivity contribution in [2.24, 2.45) is 0 Å². The normalized spacial score (nSPS) is 10.5. The van der Waals surface area contributed by atoms with Crippen LogP contribution in [0.1, 0.15) is 24.2 Å². The molecule has 0 atom stereocenters. The summed E-state index contributed by atoms with van der Waals surface area (Å²) in [5.74, 6) is 2.28. The molecule has 152 valence electrons. The number of carbonyl (C=O) groups excluding carboxylic acids is 1. The van der Waals surface area contributed by atoms with Crippen LogP contribution in [0.25, 0.3) is 0 Å². The monoisotopic (exact) mass is 395 g/mol. The van der Waals surface area contributed by atoms with Crippen LogP contribution in [0.3, 0.4) is 0 Å². The van der Waals surface area contributed by atoms with Gasteiger partial charge in [-0.05, 0) is 60.5 Å². The Morgan fingerprint density at radius 2 is 1.83 bits per heavy atom. The van der Waals surface area contributed by atoms with E-state index in [2.05, 4.69) is 5.32 Å². The summed E-state index contributed by atoms with van der Waals surface area (Å²) < 4.78 is 21.6. The van der Waals surface area contributed by atoms with Crippen LogP contribution < -0.4 is 14.8 Å². The molecule has 0 radical (unpaired) electrons. The Kier molecular flexibility index (Phi) is 7.72. The van der Waals surface area contributed by atoms with Gasteiger partial charge in [0.15, 0.2) is 0 Å². The highest BCUT2D eigenvalue weighted by Crippen LogP contribution is 2.17. The molecule has 2 aromatic carbocycles. The van der Waals surface area contributed by atoms with E-state index < -0.39 is 0 Å². The highest BCUT2D eigenvalue weighted by Gasteiger charge is 2.05. The van der Waals surface area contributed by atoms with Crippen LogP contribution in [0, 0.1) is 0 Å². The first-order valence-electron chi connectivity index (χ1n) is 9.49. The van der Waals surface area contributed by atoms with E-state index in [9.17, 15) is 4.79 Å². The van der Waals surface area contributed by atoms with E-state index in [4.69, 9.17) is 18.6 Å². The van der Waals surface area contributed by atoms with Gasteiger partial charge in [-0.3, -0.25) is 4.79 Å². The van der Waals surface area contributed by atoms with Crippen LogP contribution in [-0.2, 0) is 22.7 Å². The molecular formula is C23H25NO5. The summed E-state index contributed by atoms with van der Waals surface area (Å²) in [5, 5.41) is 2.91. The molecule has 0 aliphatic carbocycles. The van der Waals surface area contributed by atoms with Crippen molar-refractivity contribution in [3.8, 4) is 11.5 Å². The number of carbonyl (C=O) groups is 1. The summed E-state index contributed by atoms with van der Waals surface area (Å²) in [5.41, 5.74) is 1.74. The molecule has 0 spiro atoms. The molecule has 0 fully saturated rings. The molecule has 0 aliphatic rings. The van der Waals surface area contributed by atoms with Crippen molar-refractivity contribution in [3.05, 3.63) is 78.3 Å². The van der Waals surface area contributed by atoms with Crippen molar-refractivity contribution in [2.75, 3.05) is 19.0 Å². The quantitative estimate of drug-likeness (QED) is 0.472. The van der Waals surface area contributed by atoms with Crippen molar-refractivity contribution in [1.29, 1.82) is 0 Å². The Hall–Kier alpha value is -3.25. The fourth-order valence-electron chi connectivity index (χ4n) is 2.72. The van der Waals surface area contributed by atoms with Crippen LogP contribution in [0.15, 0.2) is 71.3 Å². The molecule has 3 rings (SSSR count). The Labute approximate surface area is 170 Å². The standard InChI is InChI=1S/C23H25NO5/c1-26-20-9-11-21(12-10-20)28-14-4-8-23(25)24-19-6-2-5-18(15-19)16-27-17-22-7-3-13-29-22/h2-3,5-7,9-13,15H,4,8,14,16-17H2,1H3,(H,24,25). The summed E-state index contributed by atoms with van der Waals surface area (Å²) in [6, 6.07) is 18.7. The number of ether oxygens (including phenoxy) is 3. The number of hydrogen-bond acceptors (Lipinski definition) is 5. The lowest BCUT2D eigenvalue weighted by atomic mass is 10.2. The van der Waals surface area contributed by atoms with Gasteiger partial charge in [-0.25, -0.2) is 0 Å². The number of furan rings is 1. The Bertz CT molecular complexity index is 875. The summed E-state index contributed by atoms with van der Waals surface area (Å²) in [7, 11) is 1.62. The number of hydrogen-bond donors (Lipinski definition) is 1. The average molecular weight is 395 g/mol. The van der Waals surface area contributed by atoms with Crippen molar-refractivity contribution < 1.29 is 23.4 Å². The van der Waals surface area contributed by atoms with Gasteiger partial charge in [-0.15, -0.1) is 0 Å². The highest BCUT2D eigenvalue weighted by molar-refractivity contribution is 5.90. The third-order valence-corrected chi connectivity index (χ3v) is 4.18. The molecule has 3 aromatic rings. The van der Waals surface area contributed by atoms with Crippen molar-refractivity contribution in [3.63, 3.8) is 0 Å². The van der Waals surface area contributed by atoms with Gasteiger partial charge in [0.1, 0.15) is 23.9 Å². The van der Waals surface area contributed by atoms with E-state index in [1.165, 1.54) is 0 Å². The molecule has 1 heterocycles. The first-order valence-corrected chi connectivity index (χ1v) is 9.49. The zero-order valence-corrected chi connectivity index (χ0v) is 16.4. The first-order chi connectivity index (χ1) is 14.2. The van der Waals surface area contributed by atoms with E-state index >= 15 is 0 Å². The third kappa shape index (κ3) is 7.01. The maximum absolute atomic E-state index is 12.2. The van der Waals surface area contributed by atoms with Crippen molar-refractivity contribution >= 4 is 11.6 Å². The first kappa shape index (κ1) is 20.5. The minimum atomic E-state index is -0.0445. The number of nitrogens with one attached hydrogen (secondary N) is 1. The maximum Gasteiger partial charge on any atom is 0.224 e. The van der Waals surface area contributed by atoms with Crippen LogP contribution >= 0.6 is 0 Å². The lowest BCUT2D eigenvalue weighted by Crippen LogP contribution is -2.13. The SMILES string of the molecule is COc1ccc(OCCCC(=O)Nc2cccc(COCc3ccco3)c2)cc1. The van der Waals surface area contributed by atoms with E-state index in [0.717, 1.165) is 28.5 Å². The smallest absolute Gasteiger partial charge is 0.224 e. The van der Waals surface area contributed by atoms with Gasteiger partial charge in [-0.2, -0.15) is 0 Å². The van der Waals surface area contributed by atoms with E-state index in [1.807, 2.05) is 60.7 Å². The van der Waals surface area contributed by atoms with Gasteiger partial charge in [0.25, 0.3) is 0 Å². The Balaban J connectivity index is 1.36. The largest absolute Gasteiger partial charge is 0.497 e. The molecule has 0 aliphatic heterocycles. The van der Waals surface area contributed by atoms with Crippen LogP contribution in [-0.4, -0.2) is 19.6 Å². The van der Waals surface area contributed by atoms with Gasteiger partial charge < -0.3 is 23.9 Å². The molecule has 0 saturated carbocycles. The number of benzene rings is 2. The maximum atomic E-state index is 12.2. The second-order valence-corrected chi connectivity index (χ2v) is 6.45. The van der Waals surface area contributed by atoms with E-state index in [1.54, 1.807) is 13.4 Å². The number of methoxy groups -OCH3 is 1. The zero-order chi connectivity index (χ0) is 20.3. The van der Waals surface area contributed by atoms with E-state index in [-0.39, 0.29) is 5.91 Å². The van der Waals surface area contributed by atoms with Gasteiger partial charge in [-0.1, -0.05) is 12.1 Å². The molecule has 6 heteroatoms. The lowest BCUT2D eigenvalue weighted by Gasteiger charge is -2.09. The molecule has 1 N–H and O–H groups in total. The van der Waals surface area contributed by atoms with Crippen LogP contribution in [0.5, 0.6) is 11.5 Å². The summed E-state index contributed by atoms with van der Waals surface area (Å²) in [4.78, 5) is 12.2. The Morgan fingerprint density at radius 1 is 1.00 bits per heavy atom. The summed E-state index contributed by atoms with van der Waals surface area (Å²) in [6.45, 7) is 1.33. The molecule has 6 nitrogen and oxygen atoms in total. The molecule has 1 amide bonds. The van der Waals surface area contributed by atoms with Crippen LogP contribution in [0.2, 0.25) is 0 Å². The van der Waals surface area contributed by atoms with Crippen LogP contribution in [0.4, 0.5) is 5.69 Å².